The van der Waals surface area contributed by atoms with Crippen molar-refractivity contribution in [3.63, 3.8) is 0 Å². The van der Waals surface area contributed by atoms with E-state index in [1.54, 1.807) is 10.9 Å². The van der Waals surface area contributed by atoms with Crippen LogP contribution in [0.15, 0.2) is 36.7 Å². The van der Waals surface area contributed by atoms with Crippen molar-refractivity contribution in [3.8, 4) is 11.8 Å². The minimum atomic E-state index is -0.0439. The molecule has 1 aromatic carbocycles. The van der Waals surface area contributed by atoms with E-state index in [1.165, 1.54) is 0 Å². The predicted molar refractivity (Wildman–Crippen MR) is 82.6 cm³/mol. The van der Waals surface area contributed by atoms with E-state index >= 15 is 0 Å². The van der Waals surface area contributed by atoms with E-state index in [0.29, 0.717) is 19.5 Å². The molecule has 0 saturated carbocycles. The summed E-state index contributed by atoms with van der Waals surface area (Å²) < 4.78 is 1.73. The van der Waals surface area contributed by atoms with Crippen LogP contribution in [-0.4, -0.2) is 22.2 Å². The van der Waals surface area contributed by atoms with Gasteiger partial charge in [-0.1, -0.05) is 17.9 Å². The first-order valence-corrected chi connectivity index (χ1v) is 6.76. The number of nitrogens with two attached hydrogens (primary N) is 1. The van der Waals surface area contributed by atoms with E-state index in [0.717, 1.165) is 16.8 Å². The second-order valence-corrected chi connectivity index (χ2v) is 4.60. The van der Waals surface area contributed by atoms with Crippen molar-refractivity contribution in [3.05, 3.63) is 47.8 Å². The molecule has 1 heterocycles. The van der Waals surface area contributed by atoms with Crippen LogP contribution in [0, 0.1) is 18.8 Å². The quantitative estimate of drug-likeness (QED) is 0.835. The Hall–Kier alpha value is -2.58. The van der Waals surface area contributed by atoms with Crippen LogP contribution >= 0.6 is 0 Å². The van der Waals surface area contributed by atoms with Gasteiger partial charge in [-0.3, -0.25) is 9.48 Å². The Kier molecular flexibility index (Phi) is 5.13. The van der Waals surface area contributed by atoms with Gasteiger partial charge < -0.3 is 11.1 Å². The minimum Gasteiger partial charge on any atom is -0.326 e. The highest BCUT2D eigenvalue weighted by Crippen LogP contribution is 2.16. The lowest BCUT2D eigenvalue weighted by Crippen LogP contribution is -2.15. The fourth-order valence-electron chi connectivity index (χ4n) is 1.85. The van der Waals surface area contributed by atoms with Crippen LogP contribution in [0.2, 0.25) is 0 Å². The molecule has 0 radical (unpaired) electrons. The summed E-state index contributed by atoms with van der Waals surface area (Å²) in [5.74, 6) is 5.72. The van der Waals surface area contributed by atoms with Crippen molar-refractivity contribution in [2.45, 2.75) is 19.9 Å². The second-order valence-electron chi connectivity index (χ2n) is 4.60. The predicted octanol–water partition coefficient (Wildman–Crippen LogP) is 1.53. The van der Waals surface area contributed by atoms with Gasteiger partial charge in [0.05, 0.1) is 6.54 Å². The number of hydrogen-bond acceptors (Lipinski definition) is 3. The third-order valence-corrected chi connectivity index (χ3v) is 2.97. The van der Waals surface area contributed by atoms with Gasteiger partial charge in [0.1, 0.15) is 0 Å². The molecule has 0 aliphatic heterocycles. The Bertz CT molecular complexity index is 665. The van der Waals surface area contributed by atoms with E-state index < -0.39 is 0 Å². The van der Waals surface area contributed by atoms with Gasteiger partial charge in [0.15, 0.2) is 0 Å². The molecule has 0 bridgehead atoms. The molecule has 0 aliphatic rings. The van der Waals surface area contributed by atoms with E-state index in [-0.39, 0.29) is 5.91 Å². The monoisotopic (exact) mass is 282 g/mol. The van der Waals surface area contributed by atoms with Gasteiger partial charge >= 0.3 is 0 Å². The first kappa shape index (κ1) is 14.8. The lowest BCUT2D eigenvalue weighted by atomic mass is 10.1. The number of rotatable bonds is 4. The van der Waals surface area contributed by atoms with Crippen LogP contribution in [0.3, 0.4) is 0 Å². The number of aromatic nitrogens is 2. The molecule has 5 nitrogen and oxygen atoms in total. The van der Waals surface area contributed by atoms with Gasteiger partial charge in [0.25, 0.3) is 0 Å². The van der Waals surface area contributed by atoms with Crippen molar-refractivity contribution in [1.29, 1.82) is 0 Å². The number of carbonyl (C=O) groups is 1. The Morgan fingerprint density at radius 3 is 3.05 bits per heavy atom. The lowest BCUT2D eigenvalue weighted by Gasteiger charge is -2.09. The summed E-state index contributed by atoms with van der Waals surface area (Å²) in [4.78, 5) is 12.0. The highest BCUT2D eigenvalue weighted by atomic mass is 16.1. The molecule has 0 aliphatic carbocycles. The maximum absolute atomic E-state index is 12.0. The lowest BCUT2D eigenvalue weighted by molar-refractivity contribution is -0.116. The van der Waals surface area contributed by atoms with Crippen LogP contribution < -0.4 is 11.1 Å². The van der Waals surface area contributed by atoms with Crippen molar-refractivity contribution in [1.82, 2.24) is 9.78 Å². The summed E-state index contributed by atoms with van der Waals surface area (Å²) in [6, 6.07) is 7.55. The molecule has 21 heavy (non-hydrogen) atoms. The zero-order valence-electron chi connectivity index (χ0n) is 12.0. The van der Waals surface area contributed by atoms with Crippen LogP contribution in [0.5, 0.6) is 0 Å². The molecule has 0 fully saturated rings. The Morgan fingerprint density at radius 1 is 1.48 bits per heavy atom. The molecule has 0 saturated heterocycles. The van der Waals surface area contributed by atoms with E-state index in [4.69, 9.17) is 5.73 Å². The highest BCUT2D eigenvalue weighted by molar-refractivity contribution is 5.91. The zero-order valence-corrected chi connectivity index (χ0v) is 12.0. The van der Waals surface area contributed by atoms with Crippen LogP contribution in [0.1, 0.15) is 17.5 Å². The summed E-state index contributed by atoms with van der Waals surface area (Å²) in [5, 5.41) is 6.98. The van der Waals surface area contributed by atoms with Crippen molar-refractivity contribution in [2.24, 2.45) is 5.73 Å². The SMILES string of the molecule is Cc1ccc(C#CCN)cc1NC(=O)CCn1cccn1. The average molecular weight is 282 g/mol. The number of nitrogens with one attached hydrogen (secondary N) is 1. The molecule has 2 aromatic rings. The Labute approximate surface area is 124 Å². The molecule has 108 valence electrons. The Balaban J connectivity index is 1.99. The molecule has 0 atom stereocenters. The third-order valence-electron chi connectivity index (χ3n) is 2.97. The molecular formula is C16H18N4O. The van der Waals surface area contributed by atoms with Crippen molar-refractivity contribution < 1.29 is 4.79 Å². The number of nitrogens with zero attached hydrogens (tertiary/aromatic N) is 2. The summed E-state index contributed by atoms with van der Waals surface area (Å²) >= 11 is 0. The summed E-state index contributed by atoms with van der Waals surface area (Å²) in [6.45, 7) is 2.83. The van der Waals surface area contributed by atoms with E-state index in [9.17, 15) is 4.79 Å². The standard InChI is InChI=1S/C16H18N4O/c1-13-5-6-14(4-2-8-17)12-15(13)19-16(21)7-11-20-10-3-9-18-20/h3,5-6,9-10,12H,7-8,11,17H2,1H3,(H,19,21). The fraction of sp³-hybridized carbons (Fsp3) is 0.250. The van der Waals surface area contributed by atoms with Crippen LogP contribution in [0.25, 0.3) is 0 Å². The van der Waals surface area contributed by atoms with Crippen molar-refractivity contribution in [2.75, 3.05) is 11.9 Å². The van der Waals surface area contributed by atoms with Crippen LogP contribution in [-0.2, 0) is 11.3 Å². The number of aryl methyl sites for hydroxylation is 2. The maximum Gasteiger partial charge on any atom is 0.226 e. The number of anilines is 1. The molecule has 3 N–H and O–H groups in total. The molecule has 2 rings (SSSR count). The summed E-state index contributed by atoms with van der Waals surface area (Å²) in [5.41, 5.74) is 7.98. The van der Waals surface area contributed by atoms with Crippen molar-refractivity contribution >= 4 is 11.6 Å². The van der Waals surface area contributed by atoms with Crippen LogP contribution in [0.4, 0.5) is 5.69 Å². The average Bonchev–Trinajstić information content (AvgIpc) is 2.99. The zero-order chi connectivity index (χ0) is 15.1. The molecular weight excluding hydrogens is 264 g/mol. The first-order chi connectivity index (χ1) is 10.2. The topological polar surface area (TPSA) is 72.9 Å². The highest BCUT2D eigenvalue weighted by Gasteiger charge is 2.06. The molecule has 0 unspecified atom stereocenters. The molecule has 0 spiro atoms. The smallest absolute Gasteiger partial charge is 0.226 e. The van der Waals surface area contributed by atoms with Gasteiger partial charge in [-0.2, -0.15) is 5.10 Å². The van der Waals surface area contributed by atoms with Gasteiger partial charge in [0, 0.05) is 36.6 Å². The number of amides is 1. The molecule has 1 amide bonds. The maximum atomic E-state index is 12.0. The number of hydrogen-bond donors (Lipinski definition) is 2. The molecule has 5 heteroatoms. The Morgan fingerprint density at radius 2 is 2.33 bits per heavy atom. The first-order valence-electron chi connectivity index (χ1n) is 6.76. The fourth-order valence-corrected chi connectivity index (χ4v) is 1.85. The summed E-state index contributed by atoms with van der Waals surface area (Å²) in [6.07, 6.45) is 3.91. The third kappa shape index (κ3) is 4.48. The van der Waals surface area contributed by atoms with E-state index in [2.05, 4.69) is 22.3 Å². The van der Waals surface area contributed by atoms with E-state index in [1.807, 2.05) is 37.4 Å². The minimum absolute atomic E-state index is 0.0439. The van der Waals surface area contributed by atoms with Gasteiger partial charge in [-0.25, -0.2) is 0 Å². The largest absolute Gasteiger partial charge is 0.326 e. The van der Waals surface area contributed by atoms with Gasteiger partial charge in [0.2, 0.25) is 5.91 Å². The molecule has 1 aromatic heterocycles. The number of carbonyl (C=O) groups excluding carboxylic acids is 1. The normalized spacial score (nSPS) is 9.81. The summed E-state index contributed by atoms with van der Waals surface area (Å²) in [7, 11) is 0. The number of benzene rings is 1. The second kappa shape index (κ2) is 7.27. The van der Waals surface area contributed by atoms with Gasteiger partial charge in [-0.05, 0) is 30.7 Å². The van der Waals surface area contributed by atoms with Gasteiger partial charge in [-0.15, -0.1) is 0 Å².